The van der Waals surface area contributed by atoms with Crippen molar-refractivity contribution in [3.8, 4) is 17.1 Å². The summed E-state index contributed by atoms with van der Waals surface area (Å²) in [6.45, 7) is 4.65. The maximum Gasteiger partial charge on any atom is 0.240 e. The van der Waals surface area contributed by atoms with E-state index in [0.29, 0.717) is 17.1 Å². The number of para-hydroxylation sites is 1. The molecule has 0 atom stereocenters. The number of aromatic amines is 1. The zero-order chi connectivity index (χ0) is 21.3. The van der Waals surface area contributed by atoms with Crippen LogP contribution in [0.3, 0.4) is 0 Å². The Hall–Kier alpha value is -3.13. The van der Waals surface area contributed by atoms with E-state index in [9.17, 15) is 4.79 Å². The Morgan fingerprint density at radius 2 is 1.93 bits per heavy atom. The van der Waals surface area contributed by atoms with Crippen molar-refractivity contribution in [2.45, 2.75) is 19.9 Å². The van der Waals surface area contributed by atoms with E-state index in [1.807, 2.05) is 42.5 Å². The first-order chi connectivity index (χ1) is 14.6. The fourth-order valence-electron chi connectivity index (χ4n) is 3.23. The van der Waals surface area contributed by atoms with Crippen LogP contribution >= 0.6 is 12.2 Å². The lowest BCUT2D eigenvalue weighted by Crippen LogP contribution is -2.32. The molecule has 0 aliphatic rings. The summed E-state index contributed by atoms with van der Waals surface area (Å²) in [7, 11) is 1.62. The van der Waals surface area contributed by atoms with Crippen LogP contribution in [-0.4, -0.2) is 47.4 Å². The monoisotopic (exact) mass is 425 g/mol. The summed E-state index contributed by atoms with van der Waals surface area (Å²) in [5.41, 5.74) is 2.05. The van der Waals surface area contributed by atoms with Gasteiger partial charge in [0.15, 0.2) is 10.6 Å². The second-order valence-electron chi connectivity index (χ2n) is 6.79. The van der Waals surface area contributed by atoms with E-state index >= 15 is 0 Å². The number of amides is 1. The Kier molecular flexibility index (Phi) is 7.62. The molecule has 7 nitrogen and oxygen atoms in total. The Morgan fingerprint density at radius 1 is 1.20 bits per heavy atom. The van der Waals surface area contributed by atoms with Crippen LogP contribution in [0.25, 0.3) is 11.4 Å². The Morgan fingerprint density at radius 3 is 2.60 bits per heavy atom. The van der Waals surface area contributed by atoms with Crippen molar-refractivity contribution >= 4 is 23.8 Å². The molecule has 3 aromatic rings. The highest BCUT2D eigenvalue weighted by molar-refractivity contribution is 7.71. The fraction of sp³-hybridized carbons (Fsp3) is 0.318. The molecule has 0 spiro atoms. The molecule has 8 heteroatoms. The number of benzene rings is 2. The summed E-state index contributed by atoms with van der Waals surface area (Å²) in [5, 5.41) is 10.0. The van der Waals surface area contributed by atoms with Crippen LogP contribution in [0.4, 0.5) is 5.69 Å². The zero-order valence-corrected chi connectivity index (χ0v) is 18.1. The minimum Gasteiger partial charge on any atom is -0.497 e. The summed E-state index contributed by atoms with van der Waals surface area (Å²) in [5.74, 6) is 1.29. The third-order valence-corrected chi connectivity index (χ3v) is 5.15. The number of carbonyl (C=O) groups is 1. The highest BCUT2D eigenvalue weighted by Crippen LogP contribution is 2.20. The molecular formula is C22H27N5O2S. The number of nitrogens with zero attached hydrogens (tertiary/aromatic N) is 3. The summed E-state index contributed by atoms with van der Waals surface area (Å²) < 4.78 is 7.31. The molecule has 0 aliphatic heterocycles. The largest absolute Gasteiger partial charge is 0.497 e. The topological polar surface area (TPSA) is 75.2 Å². The van der Waals surface area contributed by atoms with Gasteiger partial charge < -0.3 is 15.0 Å². The Balaban J connectivity index is 1.54. The van der Waals surface area contributed by atoms with Crippen molar-refractivity contribution in [2.75, 3.05) is 31.6 Å². The molecule has 0 saturated carbocycles. The van der Waals surface area contributed by atoms with Gasteiger partial charge in [0.05, 0.1) is 7.11 Å². The molecule has 2 aromatic carbocycles. The van der Waals surface area contributed by atoms with Gasteiger partial charge in [-0.3, -0.25) is 14.5 Å². The molecule has 2 N–H and O–H groups in total. The molecular weight excluding hydrogens is 398 g/mol. The van der Waals surface area contributed by atoms with Gasteiger partial charge in [0.25, 0.3) is 0 Å². The summed E-state index contributed by atoms with van der Waals surface area (Å²) in [6, 6.07) is 17.8. The van der Waals surface area contributed by atoms with Crippen molar-refractivity contribution in [3.05, 3.63) is 59.4 Å². The number of rotatable bonds is 10. The van der Waals surface area contributed by atoms with Gasteiger partial charge in [0.1, 0.15) is 12.3 Å². The minimum atomic E-state index is -0.0926. The first-order valence-electron chi connectivity index (χ1n) is 9.98. The van der Waals surface area contributed by atoms with Crippen LogP contribution in [-0.2, 0) is 11.3 Å². The fourth-order valence-corrected chi connectivity index (χ4v) is 3.43. The third kappa shape index (κ3) is 5.48. The van der Waals surface area contributed by atoms with Crippen LogP contribution < -0.4 is 15.0 Å². The number of aromatic nitrogens is 3. The summed E-state index contributed by atoms with van der Waals surface area (Å²) in [4.78, 5) is 14.8. The number of carbonyl (C=O) groups excluding carboxylic acids is 1. The maximum absolute atomic E-state index is 12.5. The van der Waals surface area contributed by atoms with Gasteiger partial charge in [-0.25, -0.2) is 0 Å². The van der Waals surface area contributed by atoms with Crippen LogP contribution in [0.15, 0.2) is 54.6 Å². The van der Waals surface area contributed by atoms with E-state index in [1.54, 1.807) is 11.7 Å². The zero-order valence-electron chi connectivity index (χ0n) is 17.3. The van der Waals surface area contributed by atoms with Gasteiger partial charge in [0, 0.05) is 30.9 Å². The smallest absolute Gasteiger partial charge is 0.240 e. The first-order valence-corrected chi connectivity index (χ1v) is 10.4. The standard InChI is InChI=1S/C22H27N5O2S/c1-3-26(18-8-5-4-6-9-18)15-7-14-23-20(28)16-27-21(24-25-22(27)30)17-10-12-19(29-2)13-11-17/h4-6,8-13H,3,7,14-16H2,1-2H3,(H,23,28)(H,25,30). The lowest BCUT2D eigenvalue weighted by Gasteiger charge is -2.23. The minimum absolute atomic E-state index is 0.0926. The first kappa shape index (κ1) is 21.6. The van der Waals surface area contributed by atoms with E-state index in [0.717, 1.165) is 30.8 Å². The van der Waals surface area contributed by atoms with Gasteiger partial charge >= 0.3 is 0 Å². The van der Waals surface area contributed by atoms with Crippen LogP contribution in [0.2, 0.25) is 0 Å². The van der Waals surface area contributed by atoms with Crippen molar-refractivity contribution in [3.63, 3.8) is 0 Å². The van der Waals surface area contributed by atoms with Crippen molar-refractivity contribution in [1.82, 2.24) is 20.1 Å². The summed E-state index contributed by atoms with van der Waals surface area (Å²) >= 11 is 5.31. The van der Waals surface area contributed by atoms with Crippen LogP contribution in [0, 0.1) is 4.77 Å². The number of hydrogen-bond donors (Lipinski definition) is 2. The molecule has 0 saturated heterocycles. The molecule has 0 radical (unpaired) electrons. The second-order valence-corrected chi connectivity index (χ2v) is 7.17. The molecule has 158 valence electrons. The molecule has 3 rings (SSSR count). The second kappa shape index (κ2) is 10.6. The molecule has 30 heavy (non-hydrogen) atoms. The number of anilines is 1. The normalized spacial score (nSPS) is 10.6. The van der Waals surface area contributed by atoms with Gasteiger partial charge in [-0.15, -0.1) is 0 Å². The SMILES string of the molecule is CCN(CCCNC(=O)Cn1c(-c2ccc(OC)cc2)n[nH]c1=S)c1ccccc1. The molecule has 1 heterocycles. The highest BCUT2D eigenvalue weighted by atomic mass is 32.1. The quantitative estimate of drug-likeness (QED) is 0.383. The average Bonchev–Trinajstić information content (AvgIpc) is 3.14. The number of hydrogen-bond acceptors (Lipinski definition) is 5. The van der Waals surface area contributed by atoms with E-state index in [2.05, 4.69) is 39.5 Å². The van der Waals surface area contributed by atoms with Gasteiger partial charge in [-0.2, -0.15) is 5.10 Å². The Labute approximate surface area is 181 Å². The predicted octanol–water partition coefficient (Wildman–Crippen LogP) is 3.65. The number of H-pyrrole nitrogens is 1. The van der Waals surface area contributed by atoms with Gasteiger partial charge in [-0.05, 0) is 62.0 Å². The van der Waals surface area contributed by atoms with E-state index in [-0.39, 0.29) is 12.5 Å². The molecule has 0 bridgehead atoms. The average molecular weight is 426 g/mol. The lowest BCUT2D eigenvalue weighted by molar-refractivity contribution is -0.121. The lowest BCUT2D eigenvalue weighted by atomic mass is 10.2. The van der Waals surface area contributed by atoms with Crippen LogP contribution in [0.1, 0.15) is 13.3 Å². The van der Waals surface area contributed by atoms with Crippen molar-refractivity contribution in [2.24, 2.45) is 0 Å². The number of nitrogens with one attached hydrogen (secondary N) is 2. The van der Waals surface area contributed by atoms with Crippen molar-refractivity contribution in [1.29, 1.82) is 0 Å². The molecule has 0 aliphatic carbocycles. The van der Waals surface area contributed by atoms with E-state index in [1.165, 1.54) is 5.69 Å². The molecule has 0 unspecified atom stereocenters. The highest BCUT2D eigenvalue weighted by Gasteiger charge is 2.12. The van der Waals surface area contributed by atoms with E-state index < -0.39 is 0 Å². The van der Waals surface area contributed by atoms with Gasteiger partial charge in [0.2, 0.25) is 5.91 Å². The molecule has 0 fully saturated rings. The maximum atomic E-state index is 12.5. The summed E-state index contributed by atoms with van der Waals surface area (Å²) in [6.07, 6.45) is 0.858. The molecule has 1 aromatic heterocycles. The number of methoxy groups -OCH3 is 1. The van der Waals surface area contributed by atoms with E-state index in [4.69, 9.17) is 17.0 Å². The number of ether oxygens (including phenoxy) is 1. The predicted molar refractivity (Wildman–Crippen MR) is 121 cm³/mol. The van der Waals surface area contributed by atoms with Crippen LogP contribution in [0.5, 0.6) is 5.75 Å². The Bertz CT molecular complexity index is 998. The third-order valence-electron chi connectivity index (χ3n) is 4.84. The molecule has 1 amide bonds. The van der Waals surface area contributed by atoms with Gasteiger partial charge in [-0.1, -0.05) is 18.2 Å². The van der Waals surface area contributed by atoms with Crippen molar-refractivity contribution < 1.29 is 9.53 Å².